The molecule has 0 saturated heterocycles. The average Bonchev–Trinajstić information content (AvgIpc) is 2.67. The first kappa shape index (κ1) is 17.7. The fourth-order valence-electron chi connectivity index (χ4n) is 3.01. The number of aryl methyl sites for hydroxylation is 2. The third-order valence-electron chi connectivity index (χ3n) is 4.38. The van der Waals surface area contributed by atoms with Crippen LogP contribution in [0.3, 0.4) is 0 Å². The maximum atomic E-state index is 12.1. The van der Waals surface area contributed by atoms with Gasteiger partial charge in [0.15, 0.2) is 0 Å². The van der Waals surface area contributed by atoms with Gasteiger partial charge in [0.05, 0.1) is 24.0 Å². The van der Waals surface area contributed by atoms with Gasteiger partial charge in [0, 0.05) is 17.0 Å². The number of nitrogens with one attached hydrogen (secondary N) is 2. The first-order valence-electron chi connectivity index (χ1n) is 8.79. The van der Waals surface area contributed by atoms with Crippen molar-refractivity contribution in [3.8, 4) is 17.0 Å². The minimum atomic E-state index is -0.274. The van der Waals surface area contributed by atoms with E-state index in [9.17, 15) is 4.79 Å². The molecule has 0 aliphatic heterocycles. The molecule has 0 aliphatic carbocycles. The fourth-order valence-corrected chi connectivity index (χ4v) is 3.01. The first-order chi connectivity index (χ1) is 13.5. The van der Waals surface area contributed by atoms with Crippen LogP contribution >= 0.6 is 0 Å². The first-order valence-corrected chi connectivity index (χ1v) is 8.79. The lowest BCUT2D eigenvalue weighted by molar-refractivity contribution is 0.415. The lowest BCUT2D eigenvalue weighted by Gasteiger charge is -2.09. The predicted octanol–water partition coefficient (Wildman–Crippen LogP) is 3.75. The number of rotatable bonds is 4. The highest BCUT2D eigenvalue weighted by atomic mass is 16.5. The second-order valence-corrected chi connectivity index (χ2v) is 6.49. The number of nitrogens with zero attached hydrogens (tertiary/aromatic N) is 3. The van der Waals surface area contributed by atoms with Crippen molar-refractivity contribution in [1.82, 2.24) is 19.9 Å². The molecule has 0 fully saturated rings. The second-order valence-electron chi connectivity index (χ2n) is 6.49. The molecule has 28 heavy (non-hydrogen) atoms. The average molecular weight is 373 g/mol. The Balaban J connectivity index is 1.73. The molecule has 4 rings (SSSR count). The maximum Gasteiger partial charge on any atom is 0.252 e. The number of anilines is 2. The number of aromatic nitrogens is 4. The van der Waals surface area contributed by atoms with E-state index in [1.165, 1.54) is 6.07 Å². The molecule has 2 aromatic carbocycles. The Kier molecular flexibility index (Phi) is 4.49. The van der Waals surface area contributed by atoms with Crippen molar-refractivity contribution in [1.29, 1.82) is 0 Å². The Bertz CT molecular complexity index is 1230. The number of fused-ring (bicyclic) bond motifs is 1. The van der Waals surface area contributed by atoms with E-state index in [-0.39, 0.29) is 11.5 Å². The van der Waals surface area contributed by atoms with E-state index in [0.29, 0.717) is 17.4 Å². The Labute approximate surface area is 161 Å². The molecule has 0 radical (unpaired) electrons. The molecule has 7 nitrogen and oxygen atoms in total. The quantitative estimate of drug-likeness (QED) is 0.566. The number of hydrogen-bond donors (Lipinski definition) is 2. The van der Waals surface area contributed by atoms with Gasteiger partial charge in [-0.3, -0.25) is 15.1 Å². The number of hydrogen-bond acceptors (Lipinski definition) is 6. The van der Waals surface area contributed by atoms with Gasteiger partial charge in [-0.15, -0.1) is 0 Å². The predicted molar refractivity (Wildman–Crippen MR) is 109 cm³/mol. The van der Waals surface area contributed by atoms with Crippen molar-refractivity contribution >= 4 is 22.8 Å². The third-order valence-corrected chi connectivity index (χ3v) is 4.38. The zero-order valence-corrected chi connectivity index (χ0v) is 15.8. The van der Waals surface area contributed by atoms with Crippen LogP contribution in [0.25, 0.3) is 22.2 Å². The molecule has 4 aromatic rings. The number of methoxy groups -OCH3 is 1. The van der Waals surface area contributed by atoms with Gasteiger partial charge in [-0.25, -0.2) is 15.0 Å². The molecule has 0 unspecified atom stereocenters. The summed E-state index contributed by atoms with van der Waals surface area (Å²) in [5, 5.41) is 4.00. The van der Waals surface area contributed by atoms with Gasteiger partial charge in [-0.2, -0.15) is 0 Å². The van der Waals surface area contributed by atoms with E-state index in [1.807, 2.05) is 56.3 Å². The molecular formula is C21H19N5O2. The van der Waals surface area contributed by atoms with Crippen LogP contribution < -0.4 is 15.6 Å². The second kappa shape index (κ2) is 7.11. The standard InChI is InChI=1S/C21H19N5O2/c1-12-7-8-16-13(2)22-20(24-18(16)9-12)26-21-23-17(11-19(27)25-21)14-5-4-6-15(10-14)28-3/h4-11H,1-3H3,(H2,22,23,24,25,26,27). The number of ether oxygens (including phenoxy) is 1. The smallest absolute Gasteiger partial charge is 0.252 e. The van der Waals surface area contributed by atoms with Gasteiger partial charge < -0.3 is 4.74 Å². The van der Waals surface area contributed by atoms with Gasteiger partial charge in [-0.1, -0.05) is 24.3 Å². The monoisotopic (exact) mass is 373 g/mol. The van der Waals surface area contributed by atoms with Crippen LogP contribution in [0.2, 0.25) is 0 Å². The largest absolute Gasteiger partial charge is 0.497 e. The van der Waals surface area contributed by atoms with E-state index in [1.54, 1.807) is 7.11 Å². The SMILES string of the molecule is COc1cccc(-c2cc(=O)[nH]c(Nc3nc(C)c4ccc(C)cc4n3)n2)c1. The Hall–Kier alpha value is -3.74. The van der Waals surface area contributed by atoms with E-state index >= 15 is 0 Å². The molecule has 2 N–H and O–H groups in total. The molecule has 0 bridgehead atoms. The summed E-state index contributed by atoms with van der Waals surface area (Å²) < 4.78 is 5.25. The molecule has 140 valence electrons. The zero-order chi connectivity index (χ0) is 19.7. The topological polar surface area (TPSA) is 92.8 Å². The van der Waals surface area contributed by atoms with Gasteiger partial charge in [0.2, 0.25) is 11.9 Å². The summed E-state index contributed by atoms with van der Waals surface area (Å²) in [6.45, 7) is 3.94. The number of aromatic amines is 1. The molecule has 0 spiro atoms. The molecule has 7 heteroatoms. The van der Waals surface area contributed by atoms with Crippen molar-refractivity contribution in [3.63, 3.8) is 0 Å². The van der Waals surface area contributed by atoms with Crippen LogP contribution in [-0.4, -0.2) is 27.0 Å². The van der Waals surface area contributed by atoms with Gasteiger partial charge in [0.1, 0.15) is 5.75 Å². The minimum absolute atomic E-state index is 0.274. The van der Waals surface area contributed by atoms with Crippen molar-refractivity contribution in [2.75, 3.05) is 12.4 Å². The van der Waals surface area contributed by atoms with Crippen molar-refractivity contribution in [2.24, 2.45) is 0 Å². The maximum absolute atomic E-state index is 12.1. The van der Waals surface area contributed by atoms with Gasteiger partial charge >= 0.3 is 0 Å². The minimum Gasteiger partial charge on any atom is -0.497 e. The summed E-state index contributed by atoms with van der Waals surface area (Å²) in [4.78, 5) is 28.4. The summed E-state index contributed by atoms with van der Waals surface area (Å²) in [6, 6.07) is 14.9. The van der Waals surface area contributed by atoms with E-state index in [4.69, 9.17) is 4.74 Å². The van der Waals surface area contributed by atoms with Crippen LogP contribution in [0, 0.1) is 13.8 Å². The summed E-state index contributed by atoms with van der Waals surface area (Å²) in [7, 11) is 1.60. The normalized spacial score (nSPS) is 10.8. The van der Waals surface area contributed by atoms with Crippen molar-refractivity contribution in [2.45, 2.75) is 13.8 Å². The summed E-state index contributed by atoms with van der Waals surface area (Å²) >= 11 is 0. The Morgan fingerprint density at radius 3 is 2.68 bits per heavy atom. The highest BCUT2D eigenvalue weighted by Crippen LogP contribution is 2.23. The molecule has 0 amide bonds. The number of H-pyrrole nitrogens is 1. The van der Waals surface area contributed by atoms with Gasteiger partial charge in [0.25, 0.3) is 5.56 Å². The zero-order valence-electron chi connectivity index (χ0n) is 15.8. The van der Waals surface area contributed by atoms with Crippen molar-refractivity contribution < 1.29 is 4.74 Å². The Morgan fingerprint density at radius 2 is 1.86 bits per heavy atom. The number of benzene rings is 2. The molecular weight excluding hydrogens is 354 g/mol. The van der Waals surface area contributed by atoms with Crippen LogP contribution in [0.4, 0.5) is 11.9 Å². The van der Waals surface area contributed by atoms with E-state index in [0.717, 1.165) is 27.7 Å². The highest BCUT2D eigenvalue weighted by Gasteiger charge is 2.09. The van der Waals surface area contributed by atoms with E-state index in [2.05, 4.69) is 25.3 Å². The molecule has 0 atom stereocenters. The highest BCUT2D eigenvalue weighted by molar-refractivity contribution is 5.82. The summed E-state index contributed by atoms with van der Waals surface area (Å²) in [5.74, 6) is 1.34. The lowest BCUT2D eigenvalue weighted by Crippen LogP contribution is -2.12. The van der Waals surface area contributed by atoms with E-state index < -0.39 is 0 Å². The molecule has 0 saturated carbocycles. The summed E-state index contributed by atoms with van der Waals surface area (Å²) in [5.41, 5.74) is 3.82. The van der Waals surface area contributed by atoms with Crippen LogP contribution in [0.1, 0.15) is 11.3 Å². The summed E-state index contributed by atoms with van der Waals surface area (Å²) in [6.07, 6.45) is 0. The molecule has 2 heterocycles. The molecule has 2 aromatic heterocycles. The van der Waals surface area contributed by atoms with Gasteiger partial charge in [-0.05, 0) is 37.6 Å². The van der Waals surface area contributed by atoms with Crippen LogP contribution in [0.15, 0.2) is 53.3 Å². The third kappa shape index (κ3) is 3.55. The molecule has 0 aliphatic rings. The Morgan fingerprint density at radius 1 is 1.00 bits per heavy atom. The van der Waals surface area contributed by atoms with Crippen LogP contribution in [-0.2, 0) is 0 Å². The van der Waals surface area contributed by atoms with Crippen molar-refractivity contribution in [3.05, 3.63) is 70.1 Å². The fraction of sp³-hybridized carbons (Fsp3) is 0.143. The lowest BCUT2D eigenvalue weighted by atomic mass is 10.1. The van der Waals surface area contributed by atoms with Crippen LogP contribution in [0.5, 0.6) is 5.75 Å².